The van der Waals surface area contributed by atoms with E-state index >= 15 is 0 Å². The molecule has 0 fully saturated rings. The van der Waals surface area contributed by atoms with E-state index in [1.807, 2.05) is 32.9 Å². The Balaban J connectivity index is 2.07. The van der Waals surface area contributed by atoms with E-state index in [1.165, 1.54) is 17.8 Å². The third-order valence-corrected chi connectivity index (χ3v) is 4.44. The Morgan fingerprint density at radius 2 is 2.23 bits per heavy atom. The maximum atomic E-state index is 12.1. The molecule has 1 amide bonds. The molecule has 0 radical (unpaired) electrons. The molecule has 0 saturated carbocycles. The van der Waals surface area contributed by atoms with E-state index in [0.717, 1.165) is 12.0 Å². The smallest absolute Gasteiger partial charge is 0.258 e. The number of aryl methyl sites for hydroxylation is 1. The van der Waals surface area contributed by atoms with Gasteiger partial charge in [0.2, 0.25) is 5.91 Å². The molecule has 2 heterocycles. The maximum absolute atomic E-state index is 12.1. The zero-order chi connectivity index (χ0) is 16.1. The van der Waals surface area contributed by atoms with Crippen molar-refractivity contribution in [3.05, 3.63) is 46.0 Å². The fraction of sp³-hybridized carbons (Fsp3) is 0.438. The van der Waals surface area contributed by atoms with E-state index in [2.05, 4.69) is 10.3 Å². The second-order valence-corrected chi connectivity index (χ2v) is 6.59. The molecule has 2 rings (SSSR count). The van der Waals surface area contributed by atoms with Gasteiger partial charge in [-0.2, -0.15) is 0 Å². The number of nitrogens with zero attached hydrogens (tertiary/aromatic N) is 2. The fourth-order valence-corrected chi connectivity index (χ4v) is 2.81. The molecule has 0 aliphatic carbocycles. The SMILES string of the molecule is CCCNC(=O)[C@@H](C)SCc1cc(=O)n2cc(C)ccc2n1. The molecular formula is C16H21N3O2S. The first kappa shape index (κ1) is 16.5. The summed E-state index contributed by atoms with van der Waals surface area (Å²) in [6.07, 6.45) is 2.70. The molecule has 0 aromatic carbocycles. The van der Waals surface area contributed by atoms with Crippen molar-refractivity contribution in [3.8, 4) is 0 Å². The minimum absolute atomic E-state index is 0.0278. The Morgan fingerprint density at radius 1 is 1.45 bits per heavy atom. The second-order valence-electron chi connectivity index (χ2n) is 5.26. The van der Waals surface area contributed by atoms with Gasteiger partial charge in [0.25, 0.3) is 5.56 Å². The van der Waals surface area contributed by atoms with Gasteiger partial charge in [0, 0.05) is 24.6 Å². The molecule has 0 unspecified atom stereocenters. The van der Waals surface area contributed by atoms with Gasteiger partial charge in [0.15, 0.2) is 0 Å². The number of carbonyl (C=O) groups excluding carboxylic acids is 1. The predicted octanol–water partition coefficient (Wildman–Crippen LogP) is 2.15. The Kier molecular flexibility index (Phi) is 5.60. The van der Waals surface area contributed by atoms with Crippen LogP contribution in [0.15, 0.2) is 29.2 Å². The summed E-state index contributed by atoms with van der Waals surface area (Å²) < 4.78 is 1.54. The molecule has 1 atom stereocenters. The highest BCUT2D eigenvalue weighted by atomic mass is 32.2. The number of hydrogen-bond donors (Lipinski definition) is 1. The number of nitrogens with one attached hydrogen (secondary N) is 1. The molecular weight excluding hydrogens is 298 g/mol. The molecule has 0 saturated heterocycles. The number of amides is 1. The average molecular weight is 319 g/mol. The first-order valence-corrected chi connectivity index (χ1v) is 8.44. The summed E-state index contributed by atoms with van der Waals surface area (Å²) in [5.74, 6) is 0.570. The predicted molar refractivity (Wildman–Crippen MR) is 90.3 cm³/mol. The van der Waals surface area contributed by atoms with Gasteiger partial charge in [-0.25, -0.2) is 4.98 Å². The zero-order valence-electron chi connectivity index (χ0n) is 13.1. The molecule has 2 aromatic heterocycles. The first-order chi connectivity index (χ1) is 10.5. The lowest BCUT2D eigenvalue weighted by molar-refractivity contribution is -0.120. The lowest BCUT2D eigenvalue weighted by Crippen LogP contribution is -2.31. The van der Waals surface area contributed by atoms with E-state index in [1.54, 1.807) is 10.6 Å². The third kappa shape index (κ3) is 4.10. The molecule has 6 heteroatoms. The van der Waals surface area contributed by atoms with E-state index in [4.69, 9.17) is 0 Å². The lowest BCUT2D eigenvalue weighted by Gasteiger charge is -2.11. The molecule has 0 aliphatic heterocycles. The molecule has 0 bridgehead atoms. The quantitative estimate of drug-likeness (QED) is 0.886. The van der Waals surface area contributed by atoms with Crippen molar-refractivity contribution in [2.75, 3.05) is 6.54 Å². The monoisotopic (exact) mass is 319 g/mol. The van der Waals surface area contributed by atoms with Gasteiger partial charge < -0.3 is 5.32 Å². The number of carbonyl (C=O) groups is 1. The standard InChI is InChI=1S/C16H21N3O2S/c1-4-7-17-16(21)12(3)22-10-13-8-15(20)19-9-11(2)5-6-14(19)18-13/h5-6,8-9,12H,4,7,10H2,1-3H3,(H,17,21)/t12-/m1/s1. The summed E-state index contributed by atoms with van der Waals surface area (Å²) in [4.78, 5) is 28.4. The number of fused-ring (bicyclic) bond motifs is 1. The van der Waals surface area contributed by atoms with Gasteiger partial charge in [-0.15, -0.1) is 11.8 Å². The summed E-state index contributed by atoms with van der Waals surface area (Å²) >= 11 is 1.49. The molecule has 1 N–H and O–H groups in total. The topological polar surface area (TPSA) is 63.5 Å². The molecule has 0 spiro atoms. The van der Waals surface area contributed by atoms with E-state index in [0.29, 0.717) is 23.6 Å². The minimum Gasteiger partial charge on any atom is -0.355 e. The maximum Gasteiger partial charge on any atom is 0.258 e. The van der Waals surface area contributed by atoms with Gasteiger partial charge in [-0.05, 0) is 31.9 Å². The Morgan fingerprint density at radius 3 is 2.95 bits per heavy atom. The van der Waals surface area contributed by atoms with E-state index in [-0.39, 0.29) is 16.7 Å². The van der Waals surface area contributed by atoms with Gasteiger partial charge >= 0.3 is 0 Å². The van der Waals surface area contributed by atoms with Crippen LogP contribution < -0.4 is 10.9 Å². The first-order valence-electron chi connectivity index (χ1n) is 7.39. The van der Waals surface area contributed by atoms with Gasteiger partial charge in [-0.3, -0.25) is 14.0 Å². The van der Waals surface area contributed by atoms with Crippen LogP contribution in [0.25, 0.3) is 5.65 Å². The lowest BCUT2D eigenvalue weighted by atomic mass is 10.3. The van der Waals surface area contributed by atoms with Crippen molar-refractivity contribution in [1.82, 2.24) is 14.7 Å². The number of aromatic nitrogens is 2. The number of thioether (sulfide) groups is 1. The Bertz CT molecular complexity index is 727. The van der Waals surface area contributed by atoms with Crippen LogP contribution in [0.3, 0.4) is 0 Å². The van der Waals surface area contributed by atoms with Crippen LogP contribution in [0.4, 0.5) is 0 Å². The van der Waals surface area contributed by atoms with Crippen LogP contribution in [-0.4, -0.2) is 27.1 Å². The van der Waals surface area contributed by atoms with Crippen molar-refractivity contribution in [1.29, 1.82) is 0 Å². The fourth-order valence-electron chi connectivity index (χ4n) is 2.01. The summed E-state index contributed by atoms with van der Waals surface area (Å²) in [6, 6.07) is 5.30. The molecule has 2 aromatic rings. The Labute approximate surface area is 134 Å². The van der Waals surface area contributed by atoms with Gasteiger partial charge in [0.05, 0.1) is 10.9 Å². The number of hydrogen-bond acceptors (Lipinski definition) is 4. The molecule has 0 aliphatic rings. The average Bonchev–Trinajstić information content (AvgIpc) is 2.51. The minimum atomic E-state index is -0.162. The molecule has 5 nitrogen and oxygen atoms in total. The summed E-state index contributed by atoms with van der Waals surface area (Å²) in [7, 11) is 0. The highest BCUT2D eigenvalue weighted by Gasteiger charge is 2.13. The molecule has 22 heavy (non-hydrogen) atoms. The normalized spacial score (nSPS) is 12.3. The highest BCUT2D eigenvalue weighted by molar-refractivity contribution is 7.99. The van der Waals surface area contributed by atoms with Crippen LogP contribution >= 0.6 is 11.8 Å². The van der Waals surface area contributed by atoms with Crippen LogP contribution in [0, 0.1) is 6.92 Å². The van der Waals surface area contributed by atoms with Crippen molar-refractivity contribution < 1.29 is 4.79 Å². The summed E-state index contributed by atoms with van der Waals surface area (Å²) in [6.45, 7) is 6.52. The Hall–Kier alpha value is -1.82. The number of pyridine rings is 1. The van der Waals surface area contributed by atoms with Crippen LogP contribution in [0.2, 0.25) is 0 Å². The van der Waals surface area contributed by atoms with Crippen molar-refractivity contribution in [2.45, 2.75) is 38.2 Å². The van der Waals surface area contributed by atoms with E-state index in [9.17, 15) is 9.59 Å². The third-order valence-electron chi connectivity index (χ3n) is 3.26. The largest absolute Gasteiger partial charge is 0.355 e. The van der Waals surface area contributed by atoms with Crippen molar-refractivity contribution in [3.63, 3.8) is 0 Å². The van der Waals surface area contributed by atoms with Crippen LogP contribution in [-0.2, 0) is 10.5 Å². The van der Waals surface area contributed by atoms with Crippen LogP contribution in [0.1, 0.15) is 31.5 Å². The zero-order valence-corrected chi connectivity index (χ0v) is 13.9. The van der Waals surface area contributed by atoms with Gasteiger partial charge in [-0.1, -0.05) is 13.0 Å². The summed E-state index contributed by atoms with van der Waals surface area (Å²) in [5, 5.41) is 2.71. The van der Waals surface area contributed by atoms with E-state index < -0.39 is 0 Å². The highest BCUT2D eigenvalue weighted by Crippen LogP contribution is 2.16. The van der Waals surface area contributed by atoms with Gasteiger partial charge in [0.1, 0.15) is 5.65 Å². The number of rotatable bonds is 6. The summed E-state index contributed by atoms with van der Waals surface area (Å²) in [5.41, 5.74) is 2.26. The molecule has 118 valence electrons. The van der Waals surface area contributed by atoms with Crippen LogP contribution in [0.5, 0.6) is 0 Å². The second kappa shape index (κ2) is 7.45. The van der Waals surface area contributed by atoms with Crippen molar-refractivity contribution in [2.24, 2.45) is 0 Å². The van der Waals surface area contributed by atoms with Crippen molar-refractivity contribution >= 4 is 23.3 Å².